The Balaban J connectivity index is 2.08. The van der Waals surface area contributed by atoms with Crippen LogP contribution >= 0.6 is 0 Å². The Hall–Kier alpha value is -1.32. The van der Waals surface area contributed by atoms with Gasteiger partial charge >= 0.3 is 0 Å². The van der Waals surface area contributed by atoms with Crippen LogP contribution in [0.2, 0.25) is 0 Å². The van der Waals surface area contributed by atoms with Crippen LogP contribution in [0.3, 0.4) is 0 Å². The van der Waals surface area contributed by atoms with Gasteiger partial charge < -0.3 is 10.2 Å². The molecule has 0 radical (unpaired) electrons. The number of hydrogen-bond acceptors (Lipinski definition) is 4. The van der Waals surface area contributed by atoms with Gasteiger partial charge in [0.15, 0.2) is 0 Å². The highest BCUT2D eigenvalue weighted by Crippen LogP contribution is 2.17. The molecule has 1 aliphatic heterocycles. The van der Waals surface area contributed by atoms with Gasteiger partial charge in [-0.1, -0.05) is 12.8 Å². The maximum absolute atomic E-state index is 4.53. The fraction of sp³-hybridized carbons (Fsp3) is 0.667. The second-order valence-electron chi connectivity index (χ2n) is 4.17. The molecule has 2 rings (SSSR count). The monoisotopic (exact) mass is 220 g/mol. The highest BCUT2D eigenvalue weighted by molar-refractivity contribution is 5.42. The van der Waals surface area contributed by atoms with Crippen molar-refractivity contribution in [3.63, 3.8) is 0 Å². The molecule has 1 fully saturated rings. The molecule has 1 saturated heterocycles. The third-order valence-corrected chi connectivity index (χ3v) is 2.91. The average Bonchev–Trinajstić information content (AvgIpc) is 2.58. The normalized spacial score (nSPS) is 16.9. The van der Waals surface area contributed by atoms with Crippen LogP contribution in [0.15, 0.2) is 12.3 Å². The molecule has 0 amide bonds. The zero-order valence-corrected chi connectivity index (χ0v) is 9.95. The van der Waals surface area contributed by atoms with E-state index >= 15 is 0 Å². The zero-order chi connectivity index (χ0) is 11.2. The van der Waals surface area contributed by atoms with Crippen molar-refractivity contribution in [3.8, 4) is 0 Å². The molecule has 0 spiro atoms. The zero-order valence-electron chi connectivity index (χ0n) is 9.95. The van der Waals surface area contributed by atoms with E-state index in [1.807, 2.05) is 12.3 Å². The van der Waals surface area contributed by atoms with Crippen molar-refractivity contribution < 1.29 is 0 Å². The highest BCUT2D eigenvalue weighted by atomic mass is 15.2. The molecule has 1 aromatic rings. The largest absolute Gasteiger partial charge is 0.356 e. The summed E-state index contributed by atoms with van der Waals surface area (Å²) in [5.41, 5.74) is 0. The first-order chi connectivity index (χ1) is 7.90. The van der Waals surface area contributed by atoms with Gasteiger partial charge in [0, 0.05) is 25.8 Å². The van der Waals surface area contributed by atoms with Crippen molar-refractivity contribution in [2.24, 2.45) is 0 Å². The van der Waals surface area contributed by atoms with Crippen molar-refractivity contribution in [3.05, 3.63) is 12.3 Å². The van der Waals surface area contributed by atoms with E-state index in [-0.39, 0.29) is 0 Å². The van der Waals surface area contributed by atoms with Gasteiger partial charge in [-0.2, -0.15) is 4.98 Å². The molecule has 4 nitrogen and oxygen atoms in total. The van der Waals surface area contributed by atoms with Crippen LogP contribution in [-0.2, 0) is 0 Å². The second kappa shape index (κ2) is 5.68. The van der Waals surface area contributed by atoms with Crippen LogP contribution in [-0.4, -0.2) is 29.6 Å². The second-order valence-corrected chi connectivity index (χ2v) is 4.17. The summed E-state index contributed by atoms with van der Waals surface area (Å²) >= 11 is 0. The van der Waals surface area contributed by atoms with E-state index in [4.69, 9.17) is 0 Å². The van der Waals surface area contributed by atoms with Crippen molar-refractivity contribution in [1.29, 1.82) is 0 Å². The Morgan fingerprint density at radius 2 is 2.00 bits per heavy atom. The average molecular weight is 220 g/mol. The van der Waals surface area contributed by atoms with E-state index in [0.717, 1.165) is 31.4 Å². The first-order valence-electron chi connectivity index (χ1n) is 6.22. The third-order valence-electron chi connectivity index (χ3n) is 2.91. The fourth-order valence-corrected chi connectivity index (χ4v) is 2.07. The maximum atomic E-state index is 4.53. The van der Waals surface area contributed by atoms with E-state index < -0.39 is 0 Å². The molecule has 16 heavy (non-hydrogen) atoms. The Morgan fingerprint density at radius 1 is 1.25 bits per heavy atom. The van der Waals surface area contributed by atoms with E-state index in [1.165, 1.54) is 25.7 Å². The summed E-state index contributed by atoms with van der Waals surface area (Å²) < 4.78 is 0. The minimum atomic E-state index is 0.740. The number of anilines is 2. The maximum Gasteiger partial charge on any atom is 0.224 e. The molecule has 0 aromatic carbocycles. The van der Waals surface area contributed by atoms with Crippen LogP contribution in [0, 0.1) is 0 Å². The molecule has 1 aliphatic rings. The molecule has 0 bridgehead atoms. The number of rotatable bonds is 3. The molecule has 1 aromatic heterocycles. The molecule has 0 saturated carbocycles. The van der Waals surface area contributed by atoms with Gasteiger partial charge in [-0.3, -0.25) is 0 Å². The molecule has 0 unspecified atom stereocenters. The Morgan fingerprint density at radius 3 is 2.69 bits per heavy atom. The van der Waals surface area contributed by atoms with Gasteiger partial charge in [0.1, 0.15) is 5.82 Å². The SMILES string of the molecule is CCNc1nccc(N2CCCCCC2)n1. The quantitative estimate of drug-likeness (QED) is 0.848. The van der Waals surface area contributed by atoms with Crippen LogP contribution in [0.4, 0.5) is 11.8 Å². The van der Waals surface area contributed by atoms with Crippen LogP contribution in [0.1, 0.15) is 32.6 Å². The Kier molecular flexibility index (Phi) is 3.97. The number of hydrogen-bond donors (Lipinski definition) is 1. The molecule has 1 N–H and O–H groups in total. The number of aromatic nitrogens is 2. The Labute approximate surface area is 97.1 Å². The van der Waals surface area contributed by atoms with Gasteiger partial charge in [-0.05, 0) is 25.8 Å². The Bertz CT molecular complexity index is 319. The van der Waals surface area contributed by atoms with E-state index in [9.17, 15) is 0 Å². The van der Waals surface area contributed by atoms with Crippen molar-refractivity contribution in [2.75, 3.05) is 29.9 Å². The standard InChI is InChI=1S/C12H20N4/c1-2-13-12-14-8-7-11(15-12)16-9-5-3-4-6-10-16/h7-8H,2-6,9-10H2,1H3,(H,13,14,15). The highest BCUT2D eigenvalue weighted by Gasteiger charge is 2.11. The van der Waals surface area contributed by atoms with Crippen molar-refractivity contribution >= 4 is 11.8 Å². The minimum absolute atomic E-state index is 0.740. The molecule has 0 aliphatic carbocycles. The topological polar surface area (TPSA) is 41.1 Å². The van der Waals surface area contributed by atoms with Gasteiger partial charge in [0.05, 0.1) is 0 Å². The van der Waals surface area contributed by atoms with Crippen LogP contribution < -0.4 is 10.2 Å². The van der Waals surface area contributed by atoms with Gasteiger partial charge in [0.2, 0.25) is 5.95 Å². The lowest BCUT2D eigenvalue weighted by atomic mass is 10.2. The third kappa shape index (κ3) is 2.84. The molecule has 2 heterocycles. The van der Waals surface area contributed by atoms with Gasteiger partial charge in [0.25, 0.3) is 0 Å². The summed E-state index contributed by atoms with van der Waals surface area (Å²) in [6.07, 6.45) is 7.09. The molecular weight excluding hydrogens is 200 g/mol. The lowest BCUT2D eigenvalue weighted by Gasteiger charge is -2.21. The van der Waals surface area contributed by atoms with Crippen molar-refractivity contribution in [2.45, 2.75) is 32.6 Å². The first kappa shape index (κ1) is 11.2. The van der Waals surface area contributed by atoms with Gasteiger partial charge in [-0.25, -0.2) is 4.98 Å². The first-order valence-corrected chi connectivity index (χ1v) is 6.22. The molecular formula is C12H20N4. The van der Waals surface area contributed by atoms with E-state index in [0.29, 0.717) is 0 Å². The smallest absolute Gasteiger partial charge is 0.224 e. The number of nitrogens with zero attached hydrogens (tertiary/aromatic N) is 3. The lowest BCUT2D eigenvalue weighted by molar-refractivity contribution is 0.726. The van der Waals surface area contributed by atoms with Crippen molar-refractivity contribution in [1.82, 2.24) is 9.97 Å². The molecule has 4 heteroatoms. The molecule has 88 valence electrons. The predicted molar refractivity (Wildman–Crippen MR) is 66.9 cm³/mol. The summed E-state index contributed by atoms with van der Waals surface area (Å²) in [5, 5.41) is 3.15. The summed E-state index contributed by atoms with van der Waals surface area (Å²) in [7, 11) is 0. The van der Waals surface area contributed by atoms with E-state index in [2.05, 4.69) is 27.1 Å². The fourth-order valence-electron chi connectivity index (χ4n) is 2.07. The summed E-state index contributed by atoms with van der Waals surface area (Å²) in [6, 6.07) is 2.01. The summed E-state index contributed by atoms with van der Waals surface area (Å²) in [5.74, 6) is 1.80. The minimum Gasteiger partial charge on any atom is -0.356 e. The number of nitrogens with one attached hydrogen (secondary N) is 1. The summed E-state index contributed by atoms with van der Waals surface area (Å²) in [4.78, 5) is 11.1. The van der Waals surface area contributed by atoms with E-state index in [1.54, 1.807) is 0 Å². The van der Waals surface area contributed by atoms with Gasteiger partial charge in [-0.15, -0.1) is 0 Å². The van der Waals surface area contributed by atoms with Crippen LogP contribution in [0.25, 0.3) is 0 Å². The summed E-state index contributed by atoms with van der Waals surface area (Å²) in [6.45, 7) is 5.18. The predicted octanol–water partition coefficient (Wildman–Crippen LogP) is 2.29. The molecule has 0 atom stereocenters. The van der Waals surface area contributed by atoms with Crippen LogP contribution in [0.5, 0.6) is 0 Å². The lowest BCUT2D eigenvalue weighted by Crippen LogP contribution is -2.25.